The molecule has 1 aliphatic rings. The Bertz CT molecular complexity index is 1030. The fraction of sp³-hybridized carbons (Fsp3) is 0.368. The molecule has 0 aliphatic carbocycles. The van der Waals surface area contributed by atoms with Crippen molar-refractivity contribution in [2.24, 2.45) is 0 Å². The molecule has 0 spiro atoms. The topological polar surface area (TPSA) is 85.2 Å². The molecule has 2 aromatic rings. The maximum Gasteiger partial charge on any atom is 0.416 e. The predicted octanol–water partition coefficient (Wildman–Crippen LogP) is 4.49. The average molecular weight is 473 g/mol. The summed E-state index contributed by atoms with van der Waals surface area (Å²) in [7, 11) is 1.37. The van der Waals surface area contributed by atoms with Gasteiger partial charge in [-0.05, 0) is 31.0 Å². The van der Waals surface area contributed by atoms with E-state index in [1.165, 1.54) is 19.3 Å². The summed E-state index contributed by atoms with van der Waals surface area (Å²) in [6.45, 7) is 1.06. The number of rotatable bonds is 3. The summed E-state index contributed by atoms with van der Waals surface area (Å²) < 4.78 is 39.1. The Morgan fingerprint density at radius 3 is 2.74 bits per heavy atom. The van der Waals surface area contributed by atoms with Gasteiger partial charge in [0.2, 0.25) is 0 Å². The molecule has 0 bridgehead atoms. The van der Waals surface area contributed by atoms with Crippen molar-refractivity contribution >= 4 is 40.7 Å². The standard InChI is InChI=1S/C19H17Cl2F3N6O/c1-29(14-6-11(19(22,23)24)5-12(20)7-14)18(31)27-13-3-2-4-30(10-13)16-9-26-15(8-25)17(21)28-16/h5-7,9,13H,2-4,10H2,1H3,(H,27,31)/t13-/m1/s1. The number of benzene rings is 1. The minimum atomic E-state index is -4.58. The van der Waals surface area contributed by atoms with Crippen LogP contribution in [0.3, 0.4) is 0 Å². The average Bonchev–Trinajstić information content (AvgIpc) is 2.72. The summed E-state index contributed by atoms with van der Waals surface area (Å²) in [5.41, 5.74) is -0.891. The Labute approximate surface area is 186 Å². The maximum atomic E-state index is 13.0. The van der Waals surface area contributed by atoms with Gasteiger partial charge < -0.3 is 10.2 Å². The van der Waals surface area contributed by atoms with Gasteiger partial charge in [0.1, 0.15) is 11.9 Å². The highest BCUT2D eigenvalue weighted by Gasteiger charge is 2.32. The summed E-state index contributed by atoms with van der Waals surface area (Å²) in [5.74, 6) is 0.473. The number of amides is 2. The molecule has 164 valence electrons. The Morgan fingerprint density at radius 2 is 2.10 bits per heavy atom. The Hall–Kier alpha value is -2.77. The normalized spacial score (nSPS) is 16.5. The second kappa shape index (κ2) is 9.16. The number of urea groups is 1. The molecule has 0 saturated carbocycles. The maximum absolute atomic E-state index is 13.0. The third-order valence-corrected chi connectivity index (χ3v) is 5.28. The molecule has 2 heterocycles. The molecule has 1 N–H and O–H groups in total. The van der Waals surface area contributed by atoms with Gasteiger partial charge >= 0.3 is 12.2 Å². The number of hydrogen-bond acceptors (Lipinski definition) is 5. The fourth-order valence-corrected chi connectivity index (χ4v) is 3.62. The van der Waals surface area contributed by atoms with Gasteiger partial charge in [0.05, 0.1) is 11.8 Å². The number of nitriles is 1. The van der Waals surface area contributed by atoms with E-state index < -0.39 is 17.8 Å². The molecular formula is C19H17Cl2F3N6O. The number of carbonyl (C=O) groups excluding carboxylic acids is 1. The lowest BCUT2D eigenvalue weighted by Crippen LogP contribution is -2.51. The van der Waals surface area contributed by atoms with E-state index >= 15 is 0 Å². The lowest BCUT2D eigenvalue weighted by Gasteiger charge is -2.34. The van der Waals surface area contributed by atoms with Crippen molar-refractivity contribution < 1.29 is 18.0 Å². The third kappa shape index (κ3) is 5.48. The minimum Gasteiger partial charge on any atom is -0.353 e. The SMILES string of the molecule is CN(C(=O)N[C@@H]1CCCN(c2cnc(C#N)c(Cl)n2)C1)c1cc(Cl)cc(C(F)(F)F)c1. The molecule has 2 amide bonds. The highest BCUT2D eigenvalue weighted by atomic mass is 35.5. The fourth-order valence-electron chi connectivity index (χ4n) is 3.21. The van der Waals surface area contributed by atoms with Crippen LogP contribution in [0.2, 0.25) is 10.2 Å². The first-order valence-electron chi connectivity index (χ1n) is 9.18. The van der Waals surface area contributed by atoms with Gasteiger partial charge in [0.15, 0.2) is 10.8 Å². The van der Waals surface area contributed by atoms with E-state index in [2.05, 4.69) is 15.3 Å². The number of anilines is 2. The number of piperidine rings is 1. The first-order chi connectivity index (χ1) is 14.6. The van der Waals surface area contributed by atoms with Gasteiger partial charge in [0, 0.05) is 36.9 Å². The van der Waals surface area contributed by atoms with Gasteiger partial charge in [-0.2, -0.15) is 18.4 Å². The van der Waals surface area contributed by atoms with Crippen LogP contribution in [0.5, 0.6) is 0 Å². The lowest BCUT2D eigenvalue weighted by atomic mass is 10.1. The van der Waals surface area contributed by atoms with Crippen LogP contribution in [-0.4, -0.2) is 42.2 Å². The van der Waals surface area contributed by atoms with E-state index in [9.17, 15) is 18.0 Å². The lowest BCUT2D eigenvalue weighted by molar-refractivity contribution is -0.137. The molecule has 0 radical (unpaired) electrons. The van der Waals surface area contributed by atoms with Crippen molar-refractivity contribution in [3.05, 3.63) is 45.8 Å². The number of carbonyl (C=O) groups is 1. The number of halogens is 5. The molecule has 1 saturated heterocycles. The van der Waals surface area contributed by atoms with Crippen molar-refractivity contribution in [1.82, 2.24) is 15.3 Å². The number of nitrogens with zero attached hydrogens (tertiary/aromatic N) is 5. The summed E-state index contributed by atoms with van der Waals surface area (Å²) in [4.78, 5) is 23.7. The number of aromatic nitrogens is 2. The van der Waals surface area contributed by atoms with Gasteiger partial charge in [-0.25, -0.2) is 14.8 Å². The Balaban J connectivity index is 1.70. The first-order valence-corrected chi connectivity index (χ1v) is 9.93. The molecule has 0 unspecified atom stereocenters. The monoisotopic (exact) mass is 472 g/mol. The largest absolute Gasteiger partial charge is 0.416 e. The number of nitrogens with one attached hydrogen (secondary N) is 1. The van der Waals surface area contributed by atoms with E-state index in [0.717, 1.165) is 23.5 Å². The smallest absolute Gasteiger partial charge is 0.353 e. The summed E-state index contributed by atoms with van der Waals surface area (Å²) in [6.07, 6.45) is -1.73. The molecule has 1 fully saturated rings. The van der Waals surface area contributed by atoms with Crippen LogP contribution in [0.15, 0.2) is 24.4 Å². The van der Waals surface area contributed by atoms with E-state index in [1.54, 1.807) is 0 Å². The van der Waals surface area contributed by atoms with Crippen LogP contribution in [0, 0.1) is 11.3 Å². The quantitative estimate of drug-likeness (QED) is 0.711. The van der Waals surface area contributed by atoms with Crippen molar-refractivity contribution in [2.45, 2.75) is 25.1 Å². The zero-order chi connectivity index (χ0) is 22.8. The third-order valence-electron chi connectivity index (χ3n) is 4.80. The zero-order valence-electron chi connectivity index (χ0n) is 16.2. The Kier molecular flexibility index (Phi) is 6.77. The highest BCUT2D eigenvalue weighted by Crippen LogP contribution is 2.34. The summed E-state index contributed by atoms with van der Waals surface area (Å²) in [5, 5.41) is 11.6. The molecule has 1 aromatic heterocycles. The second-order valence-corrected chi connectivity index (χ2v) is 7.76. The van der Waals surface area contributed by atoms with E-state index in [1.807, 2.05) is 11.0 Å². The van der Waals surface area contributed by atoms with Crippen LogP contribution >= 0.6 is 23.2 Å². The van der Waals surface area contributed by atoms with Crippen LogP contribution in [0.4, 0.5) is 29.5 Å². The van der Waals surface area contributed by atoms with Crippen molar-refractivity contribution in [3.8, 4) is 6.07 Å². The number of alkyl halides is 3. The van der Waals surface area contributed by atoms with E-state index in [0.29, 0.717) is 25.3 Å². The number of hydrogen-bond donors (Lipinski definition) is 1. The van der Waals surface area contributed by atoms with E-state index in [4.69, 9.17) is 28.5 Å². The molecule has 3 rings (SSSR count). The molecule has 1 aliphatic heterocycles. The predicted molar refractivity (Wildman–Crippen MR) is 110 cm³/mol. The zero-order valence-corrected chi connectivity index (χ0v) is 17.8. The van der Waals surface area contributed by atoms with Crippen LogP contribution in [-0.2, 0) is 6.18 Å². The second-order valence-electron chi connectivity index (χ2n) is 6.97. The van der Waals surface area contributed by atoms with Crippen LogP contribution < -0.4 is 15.1 Å². The molecule has 1 aromatic carbocycles. The van der Waals surface area contributed by atoms with Crippen molar-refractivity contribution in [1.29, 1.82) is 5.26 Å². The molecule has 7 nitrogen and oxygen atoms in total. The highest BCUT2D eigenvalue weighted by molar-refractivity contribution is 6.31. The molecular weight excluding hydrogens is 456 g/mol. The van der Waals surface area contributed by atoms with Crippen molar-refractivity contribution in [3.63, 3.8) is 0 Å². The van der Waals surface area contributed by atoms with Gasteiger partial charge in [-0.3, -0.25) is 4.90 Å². The first kappa shape index (κ1) is 22.9. The van der Waals surface area contributed by atoms with Gasteiger partial charge in [0.25, 0.3) is 0 Å². The van der Waals surface area contributed by atoms with Crippen LogP contribution in [0.25, 0.3) is 0 Å². The van der Waals surface area contributed by atoms with Gasteiger partial charge in [-0.15, -0.1) is 0 Å². The summed E-state index contributed by atoms with van der Waals surface area (Å²) in [6, 6.07) is 3.96. The van der Waals surface area contributed by atoms with Crippen molar-refractivity contribution in [2.75, 3.05) is 29.9 Å². The van der Waals surface area contributed by atoms with E-state index in [-0.39, 0.29) is 27.6 Å². The summed E-state index contributed by atoms with van der Waals surface area (Å²) >= 11 is 11.8. The minimum absolute atomic E-state index is 0.00711. The molecule has 31 heavy (non-hydrogen) atoms. The van der Waals surface area contributed by atoms with Gasteiger partial charge in [-0.1, -0.05) is 23.2 Å². The molecule has 1 atom stereocenters. The van der Waals surface area contributed by atoms with Crippen LogP contribution in [0.1, 0.15) is 24.1 Å². The molecule has 12 heteroatoms. The Morgan fingerprint density at radius 1 is 1.35 bits per heavy atom.